The smallest absolute Gasteiger partial charge is 0.226 e. The van der Waals surface area contributed by atoms with Crippen molar-refractivity contribution in [1.82, 2.24) is 15.1 Å². The zero-order valence-corrected chi connectivity index (χ0v) is 16.6. The van der Waals surface area contributed by atoms with Crippen molar-refractivity contribution in [3.8, 4) is 11.5 Å². The molecule has 2 N–H and O–H groups in total. The first-order valence-electron chi connectivity index (χ1n) is 10.1. The van der Waals surface area contributed by atoms with Crippen LogP contribution in [-0.2, 0) is 11.2 Å². The van der Waals surface area contributed by atoms with Crippen molar-refractivity contribution in [3.63, 3.8) is 0 Å². The minimum absolute atomic E-state index is 0.0171. The van der Waals surface area contributed by atoms with E-state index in [0.29, 0.717) is 24.6 Å². The number of carbonyl (C=O) groups excluding carboxylic acids is 1. The predicted molar refractivity (Wildman–Crippen MR) is 107 cm³/mol. The number of nitrogens with zero attached hydrogens (tertiary/aromatic N) is 2. The molecule has 0 saturated carbocycles. The Morgan fingerprint density at radius 1 is 1.25 bits per heavy atom. The minimum atomic E-state index is -0.0370. The molecule has 1 fully saturated rings. The molecular weight excluding hydrogens is 356 g/mol. The van der Waals surface area contributed by atoms with E-state index in [2.05, 4.69) is 27.3 Å². The number of nitrogens with one attached hydrogen (secondary N) is 2. The Labute approximate surface area is 165 Å². The summed E-state index contributed by atoms with van der Waals surface area (Å²) in [6.07, 6.45) is 3.80. The molecule has 2 aliphatic rings. The van der Waals surface area contributed by atoms with Gasteiger partial charge in [0.25, 0.3) is 0 Å². The van der Waals surface area contributed by atoms with Crippen molar-refractivity contribution in [3.05, 3.63) is 35.0 Å². The molecule has 7 heteroatoms. The monoisotopic (exact) mass is 384 g/mol. The number of aromatic nitrogens is 2. The van der Waals surface area contributed by atoms with Gasteiger partial charge in [0, 0.05) is 30.1 Å². The molecule has 0 unspecified atom stereocenters. The first-order chi connectivity index (χ1) is 13.7. The van der Waals surface area contributed by atoms with Gasteiger partial charge in [-0.15, -0.1) is 0 Å². The van der Waals surface area contributed by atoms with Gasteiger partial charge in [-0.2, -0.15) is 5.10 Å². The molecule has 1 aromatic heterocycles. The number of ether oxygens (including phenoxy) is 2. The van der Waals surface area contributed by atoms with E-state index in [4.69, 9.17) is 9.47 Å². The van der Waals surface area contributed by atoms with E-state index in [9.17, 15) is 4.79 Å². The molecule has 1 aromatic carbocycles. The molecule has 0 spiro atoms. The third kappa shape index (κ3) is 3.71. The molecule has 0 radical (unpaired) electrons. The average molecular weight is 384 g/mol. The number of H-pyrrole nitrogens is 1. The van der Waals surface area contributed by atoms with Crippen LogP contribution in [0.5, 0.6) is 11.5 Å². The summed E-state index contributed by atoms with van der Waals surface area (Å²) in [4.78, 5) is 14.6. The number of rotatable bonds is 7. The van der Waals surface area contributed by atoms with E-state index in [1.165, 1.54) is 12.8 Å². The van der Waals surface area contributed by atoms with Crippen LogP contribution in [0.25, 0.3) is 0 Å². The highest BCUT2D eigenvalue weighted by atomic mass is 16.5. The largest absolute Gasteiger partial charge is 0.493 e. The molecule has 3 heterocycles. The first-order valence-corrected chi connectivity index (χ1v) is 10.1. The van der Waals surface area contributed by atoms with Crippen LogP contribution < -0.4 is 14.8 Å². The van der Waals surface area contributed by atoms with Gasteiger partial charge in [0.15, 0.2) is 17.3 Å². The van der Waals surface area contributed by atoms with Crippen molar-refractivity contribution in [2.45, 2.75) is 38.5 Å². The normalized spacial score (nSPS) is 19.4. The SMILES string of the molecule is CCc1[nH]nc2c1[C@H](c1ccc(OCCN3CCCC3)c(OC)c1)CC(=O)N2. The minimum Gasteiger partial charge on any atom is -0.493 e. The van der Waals surface area contributed by atoms with Crippen molar-refractivity contribution in [2.75, 3.05) is 38.7 Å². The molecule has 1 atom stereocenters. The number of hydrogen-bond acceptors (Lipinski definition) is 5. The van der Waals surface area contributed by atoms with E-state index in [1.54, 1.807) is 7.11 Å². The number of carbonyl (C=O) groups is 1. The second-order valence-corrected chi connectivity index (χ2v) is 7.43. The van der Waals surface area contributed by atoms with Crippen LogP contribution >= 0.6 is 0 Å². The van der Waals surface area contributed by atoms with Gasteiger partial charge in [-0.05, 0) is 50.0 Å². The summed E-state index contributed by atoms with van der Waals surface area (Å²) < 4.78 is 11.6. The van der Waals surface area contributed by atoms with Gasteiger partial charge in [0.2, 0.25) is 5.91 Å². The van der Waals surface area contributed by atoms with Gasteiger partial charge in [-0.25, -0.2) is 0 Å². The van der Waals surface area contributed by atoms with Crippen molar-refractivity contribution >= 4 is 11.7 Å². The summed E-state index contributed by atoms with van der Waals surface area (Å²) in [5.74, 6) is 2.03. The van der Waals surface area contributed by atoms with Gasteiger partial charge < -0.3 is 14.8 Å². The second kappa shape index (κ2) is 8.22. The number of aryl methyl sites for hydroxylation is 1. The number of anilines is 1. The molecule has 0 aliphatic carbocycles. The highest BCUT2D eigenvalue weighted by molar-refractivity contribution is 5.94. The Balaban J connectivity index is 1.54. The maximum Gasteiger partial charge on any atom is 0.226 e. The van der Waals surface area contributed by atoms with Crippen LogP contribution in [0.3, 0.4) is 0 Å². The lowest BCUT2D eigenvalue weighted by Gasteiger charge is -2.24. The number of fused-ring (bicyclic) bond motifs is 1. The van der Waals surface area contributed by atoms with Gasteiger partial charge in [0.1, 0.15) is 6.61 Å². The third-order valence-corrected chi connectivity index (χ3v) is 5.69. The van der Waals surface area contributed by atoms with Crippen LogP contribution in [0.4, 0.5) is 5.82 Å². The summed E-state index contributed by atoms with van der Waals surface area (Å²) in [5.41, 5.74) is 3.17. The second-order valence-electron chi connectivity index (χ2n) is 7.43. The maximum absolute atomic E-state index is 12.2. The predicted octanol–water partition coefficient (Wildman–Crippen LogP) is 2.93. The number of methoxy groups -OCH3 is 1. The van der Waals surface area contributed by atoms with Crippen LogP contribution in [0.15, 0.2) is 18.2 Å². The van der Waals surface area contributed by atoms with Crippen molar-refractivity contribution < 1.29 is 14.3 Å². The van der Waals surface area contributed by atoms with E-state index >= 15 is 0 Å². The third-order valence-electron chi connectivity index (χ3n) is 5.69. The molecule has 2 aromatic rings. The fourth-order valence-electron chi connectivity index (χ4n) is 4.19. The lowest BCUT2D eigenvalue weighted by Crippen LogP contribution is -2.25. The number of hydrogen-bond donors (Lipinski definition) is 2. The van der Waals surface area contributed by atoms with Gasteiger partial charge in [-0.3, -0.25) is 14.8 Å². The Morgan fingerprint density at radius 2 is 2.07 bits per heavy atom. The molecule has 4 rings (SSSR count). The number of amides is 1. The lowest BCUT2D eigenvalue weighted by atomic mass is 9.85. The average Bonchev–Trinajstić information content (AvgIpc) is 3.37. The van der Waals surface area contributed by atoms with Crippen LogP contribution in [0.2, 0.25) is 0 Å². The van der Waals surface area contributed by atoms with E-state index in [1.807, 2.05) is 18.2 Å². The molecule has 1 amide bonds. The molecule has 0 bridgehead atoms. The standard InChI is InChI=1S/C21H28N4O3/c1-3-16-20-15(13-19(26)22-21(20)24-23-16)14-6-7-17(18(12-14)27-2)28-11-10-25-8-4-5-9-25/h6-7,12,15H,3-5,8-11,13H2,1-2H3,(H2,22,23,24,26)/t15-/m0/s1. The summed E-state index contributed by atoms with van der Waals surface area (Å²) in [7, 11) is 1.65. The molecule has 1 saturated heterocycles. The van der Waals surface area contributed by atoms with Crippen molar-refractivity contribution in [1.29, 1.82) is 0 Å². The summed E-state index contributed by atoms with van der Waals surface area (Å²) in [6, 6.07) is 5.98. The topological polar surface area (TPSA) is 79.5 Å². The first kappa shape index (κ1) is 18.8. The zero-order chi connectivity index (χ0) is 19.5. The van der Waals surface area contributed by atoms with Crippen molar-refractivity contribution in [2.24, 2.45) is 0 Å². The quantitative estimate of drug-likeness (QED) is 0.767. The van der Waals surface area contributed by atoms with Crippen LogP contribution in [0.1, 0.15) is 48.9 Å². The van der Waals surface area contributed by atoms with Gasteiger partial charge in [-0.1, -0.05) is 13.0 Å². The van der Waals surface area contributed by atoms with Crippen LogP contribution in [0, 0.1) is 0 Å². The van der Waals surface area contributed by atoms with E-state index in [0.717, 1.165) is 48.6 Å². The summed E-state index contributed by atoms with van der Waals surface area (Å²) >= 11 is 0. The molecule has 2 aliphatic heterocycles. The molecular formula is C21H28N4O3. The zero-order valence-electron chi connectivity index (χ0n) is 16.6. The Kier molecular flexibility index (Phi) is 5.52. The fourth-order valence-corrected chi connectivity index (χ4v) is 4.19. The fraction of sp³-hybridized carbons (Fsp3) is 0.524. The highest BCUT2D eigenvalue weighted by Gasteiger charge is 2.31. The number of aromatic amines is 1. The Bertz CT molecular complexity index is 842. The van der Waals surface area contributed by atoms with Gasteiger partial charge >= 0.3 is 0 Å². The Morgan fingerprint density at radius 3 is 2.82 bits per heavy atom. The number of likely N-dealkylation sites (tertiary alicyclic amines) is 1. The summed E-state index contributed by atoms with van der Waals surface area (Å²) in [5, 5.41) is 10.2. The lowest BCUT2D eigenvalue weighted by molar-refractivity contribution is -0.116. The van der Waals surface area contributed by atoms with Crippen LogP contribution in [-0.4, -0.2) is 54.4 Å². The van der Waals surface area contributed by atoms with Gasteiger partial charge in [0.05, 0.1) is 7.11 Å². The Hall–Kier alpha value is -2.54. The molecule has 150 valence electrons. The van der Waals surface area contributed by atoms with E-state index in [-0.39, 0.29) is 11.8 Å². The molecule has 28 heavy (non-hydrogen) atoms. The van der Waals surface area contributed by atoms with E-state index < -0.39 is 0 Å². The number of benzene rings is 1. The maximum atomic E-state index is 12.2. The summed E-state index contributed by atoms with van der Waals surface area (Å²) in [6.45, 7) is 5.99. The highest BCUT2D eigenvalue weighted by Crippen LogP contribution is 2.41. The molecule has 7 nitrogen and oxygen atoms in total.